The van der Waals surface area contributed by atoms with E-state index in [2.05, 4.69) is 4.98 Å². The maximum Gasteiger partial charge on any atom is 0.418 e. The van der Waals surface area contributed by atoms with E-state index < -0.39 is 18.3 Å². The Kier molecular flexibility index (Phi) is 3.51. The van der Waals surface area contributed by atoms with Crippen LogP contribution in [0.4, 0.5) is 18.9 Å². The van der Waals surface area contributed by atoms with Gasteiger partial charge in [0.15, 0.2) is 5.60 Å². The fourth-order valence-electron chi connectivity index (χ4n) is 2.88. The molecule has 0 bridgehead atoms. The predicted molar refractivity (Wildman–Crippen MR) is 79.0 cm³/mol. The zero-order chi connectivity index (χ0) is 16.0. The molecule has 1 fully saturated rings. The average molecular weight is 310 g/mol. The molecule has 118 valence electrons. The first-order valence-corrected chi connectivity index (χ1v) is 7.27. The molecule has 1 aromatic heterocycles. The Labute approximate surface area is 126 Å². The van der Waals surface area contributed by atoms with E-state index in [1.807, 2.05) is 37.3 Å². The number of alkyl halides is 3. The number of benzene rings is 1. The SMILES string of the molecule is CCc1cc(N2CCC(O)(C(F)(F)F)C2)c2ccccc2n1. The summed E-state index contributed by atoms with van der Waals surface area (Å²) >= 11 is 0. The number of para-hydroxylation sites is 1. The van der Waals surface area contributed by atoms with Gasteiger partial charge in [-0.05, 0) is 18.6 Å². The Bertz CT molecular complexity index is 701. The van der Waals surface area contributed by atoms with Crippen molar-refractivity contribution < 1.29 is 18.3 Å². The quantitative estimate of drug-likeness (QED) is 0.924. The Morgan fingerprint density at radius 2 is 2.05 bits per heavy atom. The minimum Gasteiger partial charge on any atom is -0.379 e. The van der Waals surface area contributed by atoms with Gasteiger partial charge >= 0.3 is 6.18 Å². The number of anilines is 1. The van der Waals surface area contributed by atoms with Crippen molar-refractivity contribution in [3.63, 3.8) is 0 Å². The van der Waals surface area contributed by atoms with Gasteiger partial charge in [0.25, 0.3) is 0 Å². The summed E-state index contributed by atoms with van der Waals surface area (Å²) in [5, 5.41) is 10.7. The van der Waals surface area contributed by atoms with Gasteiger partial charge in [0, 0.05) is 29.7 Å². The number of aromatic nitrogens is 1. The van der Waals surface area contributed by atoms with Crippen LogP contribution >= 0.6 is 0 Å². The average Bonchev–Trinajstić information content (AvgIpc) is 2.89. The lowest BCUT2D eigenvalue weighted by Gasteiger charge is -2.27. The molecule has 2 heterocycles. The zero-order valence-electron chi connectivity index (χ0n) is 12.2. The molecule has 1 aromatic carbocycles. The van der Waals surface area contributed by atoms with Crippen LogP contribution in [0.25, 0.3) is 10.9 Å². The fraction of sp³-hybridized carbons (Fsp3) is 0.438. The topological polar surface area (TPSA) is 36.4 Å². The van der Waals surface area contributed by atoms with Crippen molar-refractivity contribution >= 4 is 16.6 Å². The number of β-amino-alcohol motifs (C(OH)–C–C–N with tert-alkyl or cyclic N) is 1. The lowest BCUT2D eigenvalue weighted by atomic mass is 10.0. The van der Waals surface area contributed by atoms with E-state index in [0.717, 1.165) is 16.6 Å². The van der Waals surface area contributed by atoms with Crippen LogP contribution in [-0.2, 0) is 6.42 Å². The van der Waals surface area contributed by atoms with Crippen LogP contribution in [0, 0.1) is 0 Å². The molecule has 1 N–H and O–H groups in total. The molecule has 0 saturated carbocycles. The Morgan fingerprint density at radius 1 is 1.32 bits per heavy atom. The van der Waals surface area contributed by atoms with Gasteiger partial charge in [-0.3, -0.25) is 4.98 Å². The second kappa shape index (κ2) is 5.12. The maximum absolute atomic E-state index is 13.0. The van der Waals surface area contributed by atoms with Crippen molar-refractivity contribution in [1.29, 1.82) is 0 Å². The highest BCUT2D eigenvalue weighted by molar-refractivity contribution is 5.92. The Hall–Kier alpha value is -1.82. The summed E-state index contributed by atoms with van der Waals surface area (Å²) in [5.74, 6) is 0. The molecule has 0 amide bonds. The van der Waals surface area contributed by atoms with Crippen molar-refractivity contribution in [2.45, 2.75) is 31.5 Å². The highest BCUT2D eigenvalue weighted by Crippen LogP contribution is 2.40. The second-order valence-electron chi connectivity index (χ2n) is 5.70. The van der Waals surface area contributed by atoms with Crippen LogP contribution in [-0.4, -0.2) is 35.0 Å². The lowest BCUT2D eigenvalue weighted by molar-refractivity contribution is -0.250. The molecule has 1 unspecified atom stereocenters. The largest absolute Gasteiger partial charge is 0.418 e. The standard InChI is InChI=1S/C16H17F3N2O/c1-2-11-9-14(12-5-3-4-6-13(12)20-11)21-8-7-15(22,10-21)16(17,18)19/h3-6,9,22H,2,7-8,10H2,1H3. The van der Waals surface area contributed by atoms with Crippen molar-refractivity contribution in [2.24, 2.45) is 0 Å². The smallest absolute Gasteiger partial charge is 0.379 e. The second-order valence-corrected chi connectivity index (χ2v) is 5.70. The number of aliphatic hydroxyl groups is 1. The molecule has 6 heteroatoms. The number of hydrogen-bond acceptors (Lipinski definition) is 3. The van der Waals surface area contributed by atoms with Gasteiger partial charge in [-0.25, -0.2) is 0 Å². The van der Waals surface area contributed by atoms with Crippen LogP contribution in [0.3, 0.4) is 0 Å². The molecule has 1 atom stereocenters. The van der Waals surface area contributed by atoms with E-state index >= 15 is 0 Å². The number of hydrogen-bond donors (Lipinski definition) is 1. The summed E-state index contributed by atoms with van der Waals surface area (Å²) < 4.78 is 39.0. The number of aryl methyl sites for hydroxylation is 1. The molecule has 22 heavy (non-hydrogen) atoms. The number of rotatable bonds is 2. The first-order chi connectivity index (χ1) is 10.3. The summed E-state index contributed by atoms with van der Waals surface area (Å²) in [6.07, 6.45) is -4.22. The Morgan fingerprint density at radius 3 is 2.68 bits per heavy atom. The van der Waals surface area contributed by atoms with Crippen LogP contribution < -0.4 is 4.90 Å². The van der Waals surface area contributed by atoms with E-state index in [1.54, 1.807) is 4.90 Å². The van der Waals surface area contributed by atoms with Gasteiger partial charge in [-0.1, -0.05) is 25.1 Å². The third kappa shape index (κ3) is 2.41. The van der Waals surface area contributed by atoms with Crippen LogP contribution in [0.2, 0.25) is 0 Å². The highest BCUT2D eigenvalue weighted by atomic mass is 19.4. The normalized spacial score (nSPS) is 22.5. The van der Waals surface area contributed by atoms with E-state index in [4.69, 9.17) is 0 Å². The lowest BCUT2D eigenvalue weighted by Crippen LogP contribution is -2.47. The van der Waals surface area contributed by atoms with Crippen LogP contribution in [0.5, 0.6) is 0 Å². The molecule has 2 aromatic rings. The number of nitrogens with zero attached hydrogens (tertiary/aromatic N) is 2. The van der Waals surface area contributed by atoms with Gasteiger partial charge in [-0.15, -0.1) is 0 Å². The Balaban J connectivity index is 2.04. The molecule has 0 aliphatic carbocycles. The summed E-state index contributed by atoms with van der Waals surface area (Å²) in [7, 11) is 0. The summed E-state index contributed by atoms with van der Waals surface area (Å²) in [4.78, 5) is 6.11. The van der Waals surface area contributed by atoms with E-state index in [9.17, 15) is 18.3 Å². The van der Waals surface area contributed by atoms with Crippen LogP contribution in [0.15, 0.2) is 30.3 Å². The molecule has 0 spiro atoms. The third-order valence-corrected chi connectivity index (χ3v) is 4.23. The van der Waals surface area contributed by atoms with E-state index in [-0.39, 0.29) is 13.0 Å². The first-order valence-electron chi connectivity index (χ1n) is 7.27. The van der Waals surface area contributed by atoms with Gasteiger partial charge in [0.1, 0.15) is 0 Å². The molecule has 1 aliphatic heterocycles. The number of pyridine rings is 1. The van der Waals surface area contributed by atoms with Gasteiger partial charge in [-0.2, -0.15) is 13.2 Å². The molecule has 1 aliphatic rings. The molecular weight excluding hydrogens is 293 g/mol. The number of fused-ring (bicyclic) bond motifs is 1. The van der Waals surface area contributed by atoms with Crippen molar-refractivity contribution in [3.05, 3.63) is 36.0 Å². The summed E-state index contributed by atoms with van der Waals surface area (Å²) in [6.45, 7) is 1.69. The van der Waals surface area contributed by atoms with Gasteiger partial charge < -0.3 is 10.0 Å². The van der Waals surface area contributed by atoms with Crippen molar-refractivity contribution in [3.8, 4) is 0 Å². The van der Waals surface area contributed by atoms with Gasteiger partial charge in [0.05, 0.1) is 12.1 Å². The highest BCUT2D eigenvalue weighted by Gasteiger charge is 2.57. The number of halogens is 3. The third-order valence-electron chi connectivity index (χ3n) is 4.23. The van der Waals surface area contributed by atoms with E-state index in [1.165, 1.54) is 0 Å². The minimum absolute atomic E-state index is 0.174. The van der Waals surface area contributed by atoms with Crippen molar-refractivity contribution in [1.82, 2.24) is 4.98 Å². The molecule has 0 radical (unpaired) electrons. The predicted octanol–water partition coefficient (Wildman–Crippen LogP) is 3.30. The fourth-order valence-corrected chi connectivity index (χ4v) is 2.88. The maximum atomic E-state index is 13.0. The monoisotopic (exact) mass is 310 g/mol. The van der Waals surface area contributed by atoms with E-state index in [0.29, 0.717) is 12.1 Å². The van der Waals surface area contributed by atoms with Crippen LogP contribution in [0.1, 0.15) is 19.0 Å². The zero-order valence-corrected chi connectivity index (χ0v) is 12.2. The first kappa shape index (κ1) is 15.1. The minimum atomic E-state index is -4.61. The molecule has 3 rings (SSSR count). The summed E-state index contributed by atoms with van der Waals surface area (Å²) in [6, 6.07) is 9.22. The molecule has 1 saturated heterocycles. The molecule has 3 nitrogen and oxygen atoms in total. The van der Waals surface area contributed by atoms with Gasteiger partial charge in [0.2, 0.25) is 0 Å². The van der Waals surface area contributed by atoms with Crippen molar-refractivity contribution in [2.75, 3.05) is 18.0 Å². The molecular formula is C16H17F3N2O. The summed E-state index contributed by atoms with van der Waals surface area (Å²) in [5.41, 5.74) is -0.331.